The summed E-state index contributed by atoms with van der Waals surface area (Å²) in [4.78, 5) is 25.6. The van der Waals surface area contributed by atoms with E-state index in [1.807, 2.05) is 6.92 Å². The number of carbonyl (C=O) groups excluding carboxylic acids is 1. The maximum atomic E-state index is 12.4. The number of likely N-dealkylation sites (tertiary alicyclic amines) is 1. The zero-order chi connectivity index (χ0) is 15.0. The van der Waals surface area contributed by atoms with Crippen LogP contribution in [0.2, 0.25) is 0 Å². The number of rotatable bonds is 4. The maximum absolute atomic E-state index is 12.4. The molecule has 4 unspecified atom stereocenters. The molecule has 4 atom stereocenters. The molecular formula is C16H26N2O3. The molecule has 118 valence electrons. The maximum Gasteiger partial charge on any atom is 0.329 e. The van der Waals surface area contributed by atoms with Gasteiger partial charge in [-0.15, -0.1) is 0 Å². The Labute approximate surface area is 126 Å². The molecule has 1 saturated heterocycles. The van der Waals surface area contributed by atoms with Crippen LogP contribution in [0.3, 0.4) is 0 Å². The van der Waals surface area contributed by atoms with Gasteiger partial charge in [-0.05, 0) is 56.3 Å². The number of amides is 2. The van der Waals surface area contributed by atoms with Gasteiger partial charge in [0.1, 0.15) is 5.54 Å². The highest BCUT2D eigenvalue weighted by atomic mass is 16.4. The van der Waals surface area contributed by atoms with Crippen molar-refractivity contribution < 1.29 is 14.7 Å². The molecule has 2 N–H and O–H groups in total. The van der Waals surface area contributed by atoms with E-state index in [2.05, 4.69) is 5.32 Å². The molecule has 3 aliphatic rings. The van der Waals surface area contributed by atoms with Gasteiger partial charge in [0.15, 0.2) is 0 Å². The smallest absolute Gasteiger partial charge is 0.329 e. The first-order valence-corrected chi connectivity index (χ1v) is 8.35. The largest absolute Gasteiger partial charge is 0.479 e. The fourth-order valence-electron chi connectivity index (χ4n) is 4.86. The fourth-order valence-corrected chi connectivity index (χ4v) is 4.86. The van der Waals surface area contributed by atoms with Gasteiger partial charge in [-0.25, -0.2) is 9.59 Å². The molecule has 0 aromatic heterocycles. The summed E-state index contributed by atoms with van der Waals surface area (Å²) < 4.78 is 0. The van der Waals surface area contributed by atoms with Crippen molar-refractivity contribution in [1.82, 2.24) is 10.2 Å². The number of urea groups is 1. The fraction of sp³-hybridized carbons (Fsp3) is 0.875. The second-order valence-electron chi connectivity index (χ2n) is 7.07. The normalized spacial score (nSPS) is 38.0. The van der Waals surface area contributed by atoms with E-state index in [0.717, 1.165) is 24.8 Å². The van der Waals surface area contributed by atoms with E-state index in [-0.39, 0.29) is 6.03 Å². The topological polar surface area (TPSA) is 69.6 Å². The summed E-state index contributed by atoms with van der Waals surface area (Å²) in [5.41, 5.74) is -0.987. The molecular weight excluding hydrogens is 268 g/mol. The summed E-state index contributed by atoms with van der Waals surface area (Å²) in [6.45, 7) is 3.13. The number of carboxylic acid groups (broad SMARTS) is 1. The third-order valence-corrected chi connectivity index (χ3v) is 6.12. The predicted octanol–water partition coefficient (Wildman–Crippen LogP) is 2.46. The molecule has 5 nitrogen and oxygen atoms in total. The summed E-state index contributed by atoms with van der Waals surface area (Å²) in [5, 5.41) is 12.5. The summed E-state index contributed by atoms with van der Waals surface area (Å²) >= 11 is 0. The van der Waals surface area contributed by atoms with Crippen molar-refractivity contribution in [3.8, 4) is 0 Å². The van der Waals surface area contributed by atoms with E-state index in [1.54, 1.807) is 4.90 Å². The highest BCUT2D eigenvalue weighted by Gasteiger charge is 2.49. The van der Waals surface area contributed by atoms with Gasteiger partial charge in [-0.1, -0.05) is 13.3 Å². The summed E-state index contributed by atoms with van der Waals surface area (Å²) in [6, 6.07) is -0.181. The van der Waals surface area contributed by atoms with Crippen molar-refractivity contribution in [2.24, 2.45) is 17.8 Å². The Hall–Kier alpha value is -1.26. The summed E-state index contributed by atoms with van der Waals surface area (Å²) in [7, 11) is 0. The van der Waals surface area contributed by atoms with Crippen LogP contribution < -0.4 is 5.32 Å². The Bertz CT molecular complexity index is 439. The van der Waals surface area contributed by atoms with Gasteiger partial charge in [0.2, 0.25) is 0 Å². The summed E-state index contributed by atoms with van der Waals surface area (Å²) in [5.74, 6) is 1.40. The Balaban J connectivity index is 1.58. The van der Waals surface area contributed by atoms with E-state index in [9.17, 15) is 14.7 Å². The van der Waals surface area contributed by atoms with E-state index >= 15 is 0 Å². The lowest BCUT2D eigenvalue weighted by Crippen LogP contribution is -2.56. The van der Waals surface area contributed by atoms with Gasteiger partial charge < -0.3 is 15.3 Å². The number of aliphatic carboxylic acids is 1. The highest BCUT2D eigenvalue weighted by molar-refractivity contribution is 5.87. The third-order valence-electron chi connectivity index (χ3n) is 6.12. The van der Waals surface area contributed by atoms with Gasteiger partial charge in [0.25, 0.3) is 0 Å². The molecule has 2 saturated carbocycles. The van der Waals surface area contributed by atoms with Crippen molar-refractivity contribution in [2.45, 2.75) is 57.4 Å². The molecule has 2 aliphatic carbocycles. The van der Waals surface area contributed by atoms with Crippen LogP contribution in [-0.4, -0.2) is 40.6 Å². The van der Waals surface area contributed by atoms with Crippen LogP contribution in [0.15, 0.2) is 0 Å². The SMILES string of the molecule is CCC1(C(=O)O)CCCN1C(=O)NCC1CC2CCC1C2. The molecule has 1 aliphatic heterocycles. The van der Waals surface area contributed by atoms with E-state index in [4.69, 9.17) is 0 Å². The Kier molecular flexibility index (Phi) is 3.84. The molecule has 0 aromatic rings. The zero-order valence-electron chi connectivity index (χ0n) is 12.8. The lowest BCUT2D eigenvalue weighted by atomic mass is 9.89. The Morgan fingerprint density at radius 1 is 1.33 bits per heavy atom. The Morgan fingerprint density at radius 2 is 2.14 bits per heavy atom. The van der Waals surface area contributed by atoms with Crippen molar-refractivity contribution in [3.63, 3.8) is 0 Å². The summed E-state index contributed by atoms with van der Waals surface area (Å²) in [6.07, 6.45) is 7.06. The molecule has 0 aromatic carbocycles. The minimum atomic E-state index is -0.987. The van der Waals surface area contributed by atoms with Crippen LogP contribution >= 0.6 is 0 Å². The molecule has 5 heteroatoms. The first kappa shape index (κ1) is 14.7. The first-order chi connectivity index (χ1) is 10.1. The minimum absolute atomic E-state index is 0.181. The van der Waals surface area contributed by atoms with Crippen molar-refractivity contribution >= 4 is 12.0 Å². The standard InChI is InChI=1S/C16H26N2O3/c1-2-16(14(19)20)6-3-7-18(16)15(21)17-10-13-9-11-4-5-12(13)8-11/h11-13H,2-10H2,1H3,(H,17,21)(H,19,20). The van der Waals surface area contributed by atoms with Gasteiger partial charge >= 0.3 is 12.0 Å². The van der Waals surface area contributed by atoms with E-state index in [0.29, 0.717) is 25.3 Å². The van der Waals surface area contributed by atoms with Crippen LogP contribution in [0.1, 0.15) is 51.9 Å². The average Bonchev–Trinajstić information content (AvgIpc) is 3.18. The second kappa shape index (κ2) is 5.50. The van der Waals surface area contributed by atoms with Crippen LogP contribution in [0.25, 0.3) is 0 Å². The second-order valence-corrected chi connectivity index (χ2v) is 7.07. The molecule has 0 radical (unpaired) electrons. The monoisotopic (exact) mass is 294 g/mol. The van der Waals surface area contributed by atoms with Crippen molar-refractivity contribution in [2.75, 3.05) is 13.1 Å². The Morgan fingerprint density at radius 3 is 2.71 bits per heavy atom. The minimum Gasteiger partial charge on any atom is -0.479 e. The van der Waals surface area contributed by atoms with Gasteiger partial charge in [0.05, 0.1) is 0 Å². The van der Waals surface area contributed by atoms with E-state index < -0.39 is 11.5 Å². The third kappa shape index (κ3) is 2.40. The first-order valence-electron chi connectivity index (χ1n) is 8.35. The lowest BCUT2D eigenvalue weighted by Gasteiger charge is -2.34. The zero-order valence-corrected chi connectivity index (χ0v) is 12.8. The number of hydrogen-bond acceptors (Lipinski definition) is 2. The number of carbonyl (C=O) groups is 2. The predicted molar refractivity (Wildman–Crippen MR) is 78.9 cm³/mol. The van der Waals surface area contributed by atoms with Gasteiger partial charge in [-0.3, -0.25) is 0 Å². The van der Waals surface area contributed by atoms with Gasteiger partial charge in [-0.2, -0.15) is 0 Å². The highest BCUT2D eigenvalue weighted by Crippen LogP contribution is 2.48. The molecule has 1 heterocycles. The van der Waals surface area contributed by atoms with Gasteiger partial charge in [0, 0.05) is 13.1 Å². The molecule has 3 rings (SSSR count). The quantitative estimate of drug-likeness (QED) is 0.837. The van der Waals surface area contributed by atoms with Crippen LogP contribution in [0.5, 0.6) is 0 Å². The van der Waals surface area contributed by atoms with Crippen molar-refractivity contribution in [1.29, 1.82) is 0 Å². The number of nitrogens with zero attached hydrogens (tertiary/aromatic N) is 1. The number of hydrogen-bond donors (Lipinski definition) is 2. The molecule has 21 heavy (non-hydrogen) atoms. The number of carboxylic acids is 1. The van der Waals surface area contributed by atoms with Crippen LogP contribution in [0.4, 0.5) is 4.79 Å². The molecule has 0 spiro atoms. The molecule has 2 bridgehead atoms. The lowest BCUT2D eigenvalue weighted by molar-refractivity contribution is -0.148. The van der Waals surface area contributed by atoms with Crippen molar-refractivity contribution in [3.05, 3.63) is 0 Å². The van der Waals surface area contributed by atoms with E-state index in [1.165, 1.54) is 25.7 Å². The molecule has 3 fully saturated rings. The average molecular weight is 294 g/mol. The number of fused-ring (bicyclic) bond motifs is 2. The number of nitrogens with one attached hydrogen (secondary N) is 1. The molecule has 2 amide bonds. The van der Waals surface area contributed by atoms with Crippen LogP contribution in [-0.2, 0) is 4.79 Å². The van der Waals surface area contributed by atoms with Crippen LogP contribution in [0, 0.1) is 17.8 Å².